The van der Waals surface area contributed by atoms with Crippen molar-refractivity contribution in [2.24, 2.45) is 5.92 Å². The first kappa shape index (κ1) is 14.8. The van der Waals surface area contributed by atoms with Gasteiger partial charge in [-0.1, -0.05) is 6.92 Å². The highest BCUT2D eigenvalue weighted by atomic mass is 16.4. The van der Waals surface area contributed by atoms with Crippen LogP contribution in [0.25, 0.3) is 0 Å². The Hall–Kier alpha value is -1.26. The van der Waals surface area contributed by atoms with E-state index in [-0.39, 0.29) is 18.5 Å². The zero-order valence-corrected chi connectivity index (χ0v) is 11.3. The summed E-state index contributed by atoms with van der Waals surface area (Å²) in [5.41, 5.74) is 0. The topological polar surface area (TPSA) is 69.6 Å². The highest BCUT2D eigenvalue weighted by Gasteiger charge is 2.19. The van der Waals surface area contributed by atoms with Gasteiger partial charge in [-0.3, -0.25) is 4.79 Å². The van der Waals surface area contributed by atoms with Gasteiger partial charge in [0.25, 0.3) is 0 Å². The first-order valence-corrected chi connectivity index (χ1v) is 6.76. The number of carbonyl (C=O) groups is 2. The molecule has 1 fully saturated rings. The van der Waals surface area contributed by atoms with E-state index >= 15 is 0 Å². The lowest BCUT2D eigenvalue weighted by Crippen LogP contribution is -2.44. The van der Waals surface area contributed by atoms with Crippen molar-refractivity contribution >= 4 is 12.0 Å². The van der Waals surface area contributed by atoms with Crippen LogP contribution >= 0.6 is 0 Å². The van der Waals surface area contributed by atoms with E-state index in [0.29, 0.717) is 12.3 Å². The van der Waals surface area contributed by atoms with E-state index in [0.717, 1.165) is 25.9 Å². The second-order valence-corrected chi connectivity index (χ2v) is 5.31. The van der Waals surface area contributed by atoms with Crippen molar-refractivity contribution in [2.75, 3.05) is 13.1 Å². The van der Waals surface area contributed by atoms with Crippen LogP contribution in [0.5, 0.6) is 0 Å². The molecule has 1 saturated heterocycles. The van der Waals surface area contributed by atoms with Gasteiger partial charge in [0.05, 0.1) is 0 Å². The molecule has 0 aliphatic carbocycles. The first-order valence-electron chi connectivity index (χ1n) is 6.76. The van der Waals surface area contributed by atoms with Crippen molar-refractivity contribution in [3.8, 4) is 0 Å². The van der Waals surface area contributed by atoms with Crippen LogP contribution in [0.15, 0.2) is 0 Å². The Balaban J connectivity index is 2.32. The number of urea groups is 1. The fraction of sp³-hybridized carbons (Fsp3) is 0.846. The second kappa shape index (κ2) is 7.24. The van der Waals surface area contributed by atoms with Crippen LogP contribution in [-0.2, 0) is 4.79 Å². The number of nitrogens with zero attached hydrogens (tertiary/aromatic N) is 1. The number of nitrogens with one attached hydrogen (secondary N) is 1. The van der Waals surface area contributed by atoms with E-state index in [4.69, 9.17) is 5.11 Å². The Labute approximate surface area is 109 Å². The van der Waals surface area contributed by atoms with E-state index < -0.39 is 5.97 Å². The molecule has 1 heterocycles. The zero-order valence-electron chi connectivity index (χ0n) is 11.3. The number of carbonyl (C=O) groups excluding carboxylic acids is 1. The maximum Gasteiger partial charge on any atom is 0.317 e. The number of amides is 2. The van der Waals surface area contributed by atoms with Gasteiger partial charge in [-0.05, 0) is 38.5 Å². The average Bonchev–Trinajstić information content (AvgIpc) is 2.51. The largest absolute Gasteiger partial charge is 0.481 e. The molecule has 0 radical (unpaired) electrons. The van der Waals surface area contributed by atoms with E-state index in [1.807, 2.05) is 11.8 Å². The molecule has 0 aromatic rings. The van der Waals surface area contributed by atoms with Crippen LogP contribution in [0.1, 0.15) is 46.0 Å². The summed E-state index contributed by atoms with van der Waals surface area (Å²) in [6.07, 6.45) is 3.86. The maximum absolute atomic E-state index is 12.0. The number of rotatable bonds is 4. The smallest absolute Gasteiger partial charge is 0.317 e. The molecular weight excluding hydrogens is 232 g/mol. The van der Waals surface area contributed by atoms with Crippen molar-refractivity contribution in [2.45, 2.75) is 52.0 Å². The van der Waals surface area contributed by atoms with Gasteiger partial charge in [0.1, 0.15) is 0 Å². The first-order chi connectivity index (χ1) is 8.49. The summed E-state index contributed by atoms with van der Waals surface area (Å²) >= 11 is 0. The van der Waals surface area contributed by atoms with E-state index in [1.54, 1.807) is 0 Å². The second-order valence-electron chi connectivity index (χ2n) is 5.31. The monoisotopic (exact) mass is 256 g/mol. The Kier molecular flexibility index (Phi) is 5.95. The molecule has 1 aliphatic heterocycles. The van der Waals surface area contributed by atoms with Gasteiger partial charge in [-0.25, -0.2) is 4.79 Å². The molecule has 0 spiro atoms. The molecule has 2 N–H and O–H groups in total. The molecule has 0 bridgehead atoms. The molecule has 5 nitrogen and oxygen atoms in total. The molecule has 0 saturated carbocycles. The predicted octanol–water partition coefficient (Wildman–Crippen LogP) is 2.07. The fourth-order valence-corrected chi connectivity index (χ4v) is 2.18. The molecule has 0 aromatic heterocycles. The molecule has 2 amide bonds. The quantitative estimate of drug-likeness (QED) is 0.809. The Morgan fingerprint density at radius 3 is 2.78 bits per heavy atom. The van der Waals surface area contributed by atoms with Crippen molar-refractivity contribution in [3.05, 3.63) is 0 Å². The third kappa shape index (κ3) is 5.38. The number of aliphatic carboxylic acids is 1. The highest BCUT2D eigenvalue weighted by Crippen LogP contribution is 2.16. The van der Waals surface area contributed by atoms with Gasteiger partial charge >= 0.3 is 12.0 Å². The van der Waals surface area contributed by atoms with Crippen molar-refractivity contribution in [3.63, 3.8) is 0 Å². The lowest BCUT2D eigenvalue weighted by molar-refractivity contribution is -0.137. The average molecular weight is 256 g/mol. The summed E-state index contributed by atoms with van der Waals surface area (Å²) in [6, 6.07) is -0.142. The van der Waals surface area contributed by atoms with Gasteiger partial charge in [0.15, 0.2) is 0 Å². The van der Waals surface area contributed by atoms with Crippen molar-refractivity contribution in [1.29, 1.82) is 0 Å². The number of carboxylic acids is 1. The number of carboxylic acid groups (broad SMARTS) is 1. The number of hydrogen-bond donors (Lipinski definition) is 2. The maximum atomic E-state index is 12.0. The summed E-state index contributed by atoms with van der Waals surface area (Å²) in [5, 5.41) is 11.5. The SMILES string of the molecule is CC1CCCN(C(=O)NC(C)CCC(=O)O)CC1. The molecule has 2 unspecified atom stereocenters. The fourth-order valence-electron chi connectivity index (χ4n) is 2.18. The van der Waals surface area contributed by atoms with Gasteiger partial charge < -0.3 is 15.3 Å². The predicted molar refractivity (Wildman–Crippen MR) is 69.5 cm³/mol. The standard InChI is InChI=1S/C13H24N2O3/c1-10-4-3-8-15(9-7-10)13(18)14-11(2)5-6-12(16)17/h10-11H,3-9H2,1-2H3,(H,14,18)(H,16,17). The van der Waals surface area contributed by atoms with E-state index in [2.05, 4.69) is 12.2 Å². The summed E-state index contributed by atoms with van der Waals surface area (Å²) in [7, 11) is 0. The Morgan fingerprint density at radius 2 is 2.11 bits per heavy atom. The van der Waals surface area contributed by atoms with Crippen molar-refractivity contribution in [1.82, 2.24) is 10.2 Å². The minimum absolute atomic E-state index is 0.0537. The third-order valence-electron chi connectivity index (χ3n) is 3.47. The molecular formula is C13H24N2O3. The van der Waals surface area contributed by atoms with E-state index in [9.17, 15) is 9.59 Å². The van der Waals surface area contributed by atoms with Crippen LogP contribution in [0.3, 0.4) is 0 Å². The summed E-state index contributed by atoms with van der Waals surface area (Å²) in [6.45, 7) is 5.68. The summed E-state index contributed by atoms with van der Waals surface area (Å²) in [4.78, 5) is 24.3. The zero-order chi connectivity index (χ0) is 13.5. The van der Waals surface area contributed by atoms with Crippen LogP contribution in [0.4, 0.5) is 4.79 Å². The van der Waals surface area contributed by atoms with Gasteiger partial charge in [-0.15, -0.1) is 0 Å². The Bertz CT molecular complexity index is 294. The van der Waals surface area contributed by atoms with Crippen molar-refractivity contribution < 1.29 is 14.7 Å². The van der Waals surface area contributed by atoms with Crippen LogP contribution in [-0.4, -0.2) is 41.1 Å². The lowest BCUT2D eigenvalue weighted by Gasteiger charge is -2.23. The third-order valence-corrected chi connectivity index (χ3v) is 3.47. The van der Waals surface area contributed by atoms with Crippen LogP contribution in [0.2, 0.25) is 0 Å². The molecule has 1 aliphatic rings. The molecule has 104 valence electrons. The summed E-state index contributed by atoms with van der Waals surface area (Å²) in [5.74, 6) is -0.132. The van der Waals surface area contributed by atoms with Crippen LogP contribution in [0, 0.1) is 5.92 Å². The number of likely N-dealkylation sites (tertiary alicyclic amines) is 1. The summed E-state index contributed by atoms with van der Waals surface area (Å²) < 4.78 is 0. The normalized spacial score (nSPS) is 22.1. The molecule has 18 heavy (non-hydrogen) atoms. The minimum Gasteiger partial charge on any atom is -0.481 e. The molecule has 2 atom stereocenters. The highest BCUT2D eigenvalue weighted by molar-refractivity contribution is 5.74. The van der Waals surface area contributed by atoms with Gasteiger partial charge in [-0.2, -0.15) is 0 Å². The lowest BCUT2D eigenvalue weighted by atomic mass is 10.0. The van der Waals surface area contributed by atoms with Crippen LogP contribution < -0.4 is 5.32 Å². The van der Waals surface area contributed by atoms with Gasteiger partial charge in [0, 0.05) is 25.6 Å². The van der Waals surface area contributed by atoms with Gasteiger partial charge in [0.2, 0.25) is 0 Å². The minimum atomic E-state index is -0.820. The Morgan fingerprint density at radius 1 is 1.39 bits per heavy atom. The number of hydrogen-bond acceptors (Lipinski definition) is 2. The molecule has 1 rings (SSSR count). The van der Waals surface area contributed by atoms with E-state index in [1.165, 1.54) is 6.42 Å². The molecule has 5 heteroatoms. The molecule has 0 aromatic carbocycles.